The number of nitrogens with one attached hydrogen (secondary N) is 3. The fourth-order valence-corrected chi connectivity index (χ4v) is 4.26. The van der Waals surface area contributed by atoms with Gasteiger partial charge in [0.2, 0.25) is 0 Å². The molecule has 0 fully saturated rings. The van der Waals surface area contributed by atoms with E-state index in [-0.39, 0.29) is 12.4 Å². The second-order valence-electron chi connectivity index (χ2n) is 9.36. The highest BCUT2D eigenvalue weighted by molar-refractivity contribution is 5.95. The number of pyridine rings is 1. The highest BCUT2D eigenvalue weighted by atomic mass is 16.6. The van der Waals surface area contributed by atoms with Crippen LogP contribution >= 0.6 is 0 Å². The number of rotatable bonds is 13. The van der Waals surface area contributed by atoms with Gasteiger partial charge in [-0.15, -0.1) is 0 Å². The van der Waals surface area contributed by atoms with E-state index in [9.17, 15) is 9.59 Å². The molecule has 10 nitrogen and oxygen atoms in total. The summed E-state index contributed by atoms with van der Waals surface area (Å²) >= 11 is 0. The number of ether oxygens (including phenoxy) is 3. The van der Waals surface area contributed by atoms with Crippen LogP contribution in [0.15, 0.2) is 97.2 Å². The molecule has 1 heterocycles. The molecule has 0 unspecified atom stereocenters. The Morgan fingerprint density at radius 1 is 0.952 bits per heavy atom. The minimum Gasteiger partial charge on any atom is -0.493 e. The van der Waals surface area contributed by atoms with Gasteiger partial charge in [-0.25, -0.2) is 0 Å². The molecule has 0 spiro atoms. The van der Waals surface area contributed by atoms with Crippen LogP contribution in [-0.4, -0.2) is 36.4 Å². The maximum atomic E-state index is 14.0. The number of hydrogen-bond donors (Lipinski definition) is 4. The number of methoxy groups -OCH3 is 1. The van der Waals surface area contributed by atoms with E-state index in [0.717, 1.165) is 11.3 Å². The molecule has 0 saturated carbocycles. The van der Waals surface area contributed by atoms with Gasteiger partial charge in [-0.3, -0.25) is 20.0 Å². The summed E-state index contributed by atoms with van der Waals surface area (Å²) < 4.78 is 17.4. The summed E-state index contributed by atoms with van der Waals surface area (Å²) in [5.74, 6) is -0.607. The van der Waals surface area contributed by atoms with Crippen molar-refractivity contribution in [2.75, 3.05) is 19.0 Å². The van der Waals surface area contributed by atoms with Gasteiger partial charge in [0.25, 0.3) is 11.6 Å². The van der Waals surface area contributed by atoms with Gasteiger partial charge in [-0.2, -0.15) is 0 Å². The number of anilines is 1. The maximum Gasteiger partial charge on any atom is 0.305 e. The third-order valence-electron chi connectivity index (χ3n) is 6.33. The van der Waals surface area contributed by atoms with E-state index in [1.807, 2.05) is 48.5 Å². The topological polar surface area (TPSA) is 149 Å². The van der Waals surface area contributed by atoms with Crippen molar-refractivity contribution in [2.24, 2.45) is 5.73 Å². The highest BCUT2D eigenvalue weighted by Gasteiger charge is 2.45. The second kappa shape index (κ2) is 13.8. The standard InChI is InChI=1S/C32H33N5O5/c1-22(38)42-32(37-27-14-11-24(12-15-27)30(33)34,31(39)36-19-17-26-10-6-7-18-35-26)25-13-16-28(29(20-25)40-2)41-21-23-8-4-3-5-9-23/h3-16,18,20,37H,17,19,21H2,1-2H3,(H3,33,34)(H,36,39)/t32-/m0/s1. The lowest BCUT2D eigenvalue weighted by atomic mass is 9.99. The Labute approximate surface area is 244 Å². The Balaban J connectivity index is 1.70. The lowest BCUT2D eigenvalue weighted by Gasteiger charge is -2.34. The smallest absolute Gasteiger partial charge is 0.305 e. The molecule has 42 heavy (non-hydrogen) atoms. The van der Waals surface area contributed by atoms with Crippen LogP contribution in [0.5, 0.6) is 11.5 Å². The van der Waals surface area contributed by atoms with Crippen molar-refractivity contribution in [1.29, 1.82) is 5.41 Å². The van der Waals surface area contributed by atoms with Crippen LogP contribution in [0.3, 0.4) is 0 Å². The molecular weight excluding hydrogens is 534 g/mol. The van der Waals surface area contributed by atoms with Gasteiger partial charge in [0.1, 0.15) is 12.4 Å². The number of amidine groups is 1. The normalized spacial score (nSPS) is 12.0. The predicted molar refractivity (Wildman–Crippen MR) is 159 cm³/mol. The number of hydrogen-bond acceptors (Lipinski definition) is 8. The van der Waals surface area contributed by atoms with Crippen molar-refractivity contribution in [3.05, 3.63) is 120 Å². The number of amides is 1. The molecular formula is C32H33N5O5. The van der Waals surface area contributed by atoms with Crippen LogP contribution in [0, 0.1) is 5.41 Å². The fourth-order valence-electron chi connectivity index (χ4n) is 4.26. The summed E-state index contributed by atoms with van der Waals surface area (Å²) in [6.45, 7) is 1.77. The molecule has 0 radical (unpaired) electrons. The number of nitrogens with two attached hydrogens (primary N) is 1. The summed E-state index contributed by atoms with van der Waals surface area (Å²) in [4.78, 5) is 30.8. The molecule has 1 atom stereocenters. The van der Waals surface area contributed by atoms with E-state index in [0.29, 0.717) is 41.3 Å². The van der Waals surface area contributed by atoms with E-state index in [1.165, 1.54) is 14.0 Å². The Bertz CT molecular complexity index is 1510. The monoisotopic (exact) mass is 567 g/mol. The Hall–Kier alpha value is -5.38. The first-order valence-corrected chi connectivity index (χ1v) is 13.3. The van der Waals surface area contributed by atoms with Gasteiger partial charge in [0, 0.05) is 48.6 Å². The van der Waals surface area contributed by atoms with Crippen LogP contribution < -0.4 is 25.8 Å². The van der Waals surface area contributed by atoms with E-state index < -0.39 is 17.6 Å². The van der Waals surface area contributed by atoms with Gasteiger partial charge in [0.05, 0.1) is 7.11 Å². The number of carbonyl (C=O) groups is 2. The van der Waals surface area contributed by atoms with Crippen LogP contribution in [0.4, 0.5) is 5.69 Å². The number of nitrogen functional groups attached to an aromatic ring is 1. The zero-order chi connectivity index (χ0) is 30.0. The lowest BCUT2D eigenvalue weighted by molar-refractivity contribution is -0.165. The van der Waals surface area contributed by atoms with E-state index >= 15 is 0 Å². The molecule has 0 aliphatic heterocycles. The minimum absolute atomic E-state index is 0.101. The molecule has 0 aliphatic carbocycles. The third kappa shape index (κ3) is 7.42. The largest absolute Gasteiger partial charge is 0.493 e. The van der Waals surface area contributed by atoms with Gasteiger partial charge in [0.15, 0.2) is 11.5 Å². The molecule has 4 aromatic rings. The Morgan fingerprint density at radius 2 is 1.69 bits per heavy atom. The average Bonchev–Trinajstić information content (AvgIpc) is 3.00. The molecule has 216 valence electrons. The fraction of sp³-hybridized carbons (Fsp3) is 0.188. The van der Waals surface area contributed by atoms with Crippen LogP contribution in [-0.2, 0) is 33.1 Å². The van der Waals surface area contributed by atoms with Gasteiger partial charge >= 0.3 is 5.97 Å². The van der Waals surface area contributed by atoms with Crippen molar-refractivity contribution in [3.63, 3.8) is 0 Å². The number of nitrogens with zero attached hydrogens (tertiary/aromatic N) is 1. The lowest BCUT2D eigenvalue weighted by Crippen LogP contribution is -2.53. The van der Waals surface area contributed by atoms with Gasteiger partial charge < -0.3 is 30.6 Å². The quantitative estimate of drug-likeness (QED) is 0.0815. The molecule has 0 saturated heterocycles. The average molecular weight is 568 g/mol. The first-order chi connectivity index (χ1) is 20.3. The zero-order valence-corrected chi connectivity index (χ0v) is 23.4. The Morgan fingerprint density at radius 3 is 2.33 bits per heavy atom. The zero-order valence-electron chi connectivity index (χ0n) is 23.4. The minimum atomic E-state index is -1.99. The second-order valence-corrected chi connectivity index (χ2v) is 9.36. The van der Waals surface area contributed by atoms with E-state index in [4.69, 9.17) is 25.4 Å². The third-order valence-corrected chi connectivity index (χ3v) is 6.33. The summed E-state index contributed by atoms with van der Waals surface area (Å²) in [6, 6.07) is 26.7. The highest BCUT2D eigenvalue weighted by Crippen LogP contribution is 2.36. The van der Waals surface area contributed by atoms with Gasteiger partial charge in [-0.05, 0) is 60.2 Å². The molecule has 5 N–H and O–H groups in total. The summed E-state index contributed by atoms with van der Waals surface area (Å²) in [6.07, 6.45) is 2.14. The van der Waals surface area contributed by atoms with Crippen molar-refractivity contribution in [1.82, 2.24) is 10.3 Å². The molecule has 1 amide bonds. The van der Waals surface area contributed by atoms with Gasteiger partial charge in [-0.1, -0.05) is 36.4 Å². The number of esters is 1. The predicted octanol–water partition coefficient (Wildman–Crippen LogP) is 4.14. The number of benzene rings is 3. The molecule has 10 heteroatoms. The van der Waals surface area contributed by atoms with Crippen molar-refractivity contribution in [3.8, 4) is 11.5 Å². The van der Waals surface area contributed by atoms with Crippen molar-refractivity contribution >= 4 is 23.4 Å². The number of carbonyl (C=O) groups excluding carboxylic acids is 2. The molecule has 4 rings (SSSR count). The van der Waals surface area contributed by atoms with Crippen molar-refractivity contribution in [2.45, 2.75) is 25.7 Å². The first-order valence-electron chi connectivity index (χ1n) is 13.3. The summed E-state index contributed by atoms with van der Waals surface area (Å²) in [5, 5.41) is 13.7. The van der Waals surface area contributed by atoms with E-state index in [1.54, 1.807) is 48.7 Å². The van der Waals surface area contributed by atoms with E-state index in [2.05, 4.69) is 15.6 Å². The van der Waals surface area contributed by atoms with Crippen molar-refractivity contribution < 1.29 is 23.8 Å². The SMILES string of the molecule is COc1cc([C@](Nc2ccc(C(=N)N)cc2)(OC(C)=O)C(=O)NCCc2ccccn2)ccc1OCc1ccccc1. The number of aromatic nitrogens is 1. The van der Waals surface area contributed by atoms with Crippen LogP contribution in [0.1, 0.15) is 29.3 Å². The Kier molecular flexibility index (Phi) is 9.73. The maximum absolute atomic E-state index is 14.0. The van der Waals surface area contributed by atoms with Crippen LogP contribution in [0.2, 0.25) is 0 Å². The molecule has 0 aliphatic rings. The summed E-state index contributed by atoms with van der Waals surface area (Å²) in [5.41, 5.74) is 6.64. The molecule has 0 bridgehead atoms. The molecule has 3 aromatic carbocycles. The summed E-state index contributed by atoms with van der Waals surface area (Å²) in [7, 11) is 1.49. The van der Waals surface area contributed by atoms with Crippen LogP contribution in [0.25, 0.3) is 0 Å². The molecule has 1 aromatic heterocycles. The first kappa shape index (κ1) is 29.6.